The van der Waals surface area contributed by atoms with Gasteiger partial charge >= 0.3 is 0 Å². The Bertz CT molecular complexity index is 777. The quantitative estimate of drug-likeness (QED) is 0.616. The number of anilines is 2. The van der Waals surface area contributed by atoms with E-state index in [2.05, 4.69) is 26.6 Å². The Balaban J connectivity index is 2.04. The fraction of sp³-hybridized carbons (Fsp3) is 0.300. The number of rotatable bonds is 8. The summed E-state index contributed by atoms with van der Waals surface area (Å²) in [5.74, 6) is 0.440. The predicted molar refractivity (Wildman–Crippen MR) is 108 cm³/mol. The lowest BCUT2D eigenvalue weighted by atomic mass is 10.2. The maximum absolute atomic E-state index is 12.5. The Morgan fingerprint density at radius 3 is 2.42 bits per heavy atom. The van der Waals surface area contributed by atoms with Crippen LogP contribution in [0.1, 0.15) is 43.5 Å². The summed E-state index contributed by atoms with van der Waals surface area (Å²) in [5, 5.41) is 5.69. The van der Waals surface area contributed by atoms with Gasteiger partial charge in [0.2, 0.25) is 5.91 Å². The Morgan fingerprint density at radius 2 is 1.77 bits per heavy atom. The third-order valence-electron chi connectivity index (χ3n) is 3.66. The van der Waals surface area contributed by atoms with Crippen molar-refractivity contribution in [1.29, 1.82) is 0 Å². The number of amides is 2. The molecule has 0 spiro atoms. The fourth-order valence-corrected chi connectivity index (χ4v) is 2.85. The van der Waals surface area contributed by atoms with E-state index in [1.165, 1.54) is 0 Å². The summed E-state index contributed by atoms with van der Waals surface area (Å²) in [6.45, 7) is 4.50. The van der Waals surface area contributed by atoms with Crippen LogP contribution in [0.2, 0.25) is 0 Å². The Kier molecular flexibility index (Phi) is 7.66. The number of ether oxygens (including phenoxy) is 1. The van der Waals surface area contributed by atoms with Crippen LogP contribution in [0.15, 0.2) is 46.9 Å². The highest BCUT2D eigenvalue weighted by Gasteiger charge is 2.10. The summed E-state index contributed by atoms with van der Waals surface area (Å²) in [4.78, 5) is 24.3. The molecule has 2 amide bonds. The number of hydrogen-bond acceptors (Lipinski definition) is 3. The van der Waals surface area contributed by atoms with E-state index in [1.807, 2.05) is 13.8 Å². The van der Waals surface area contributed by atoms with Gasteiger partial charge in [-0.15, -0.1) is 0 Å². The van der Waals surface area contributed by atoms with Gasteiger partial charge in [-0.25, -0.2) is 0 Å². The monoisotopic (exact) mass is 418 g/mol. The molecule has 0 radical (unpaired) electrons. The van der Waals surface area contributed by atoms with Crippen molar-refractivity contribution in [3.8, 4) is 5.75 Å². The van der Waals surface area contributed by atoms with E-state index < -0.39 is 0 Å². The maximum Gasteiger partial charge on any atom is 0.255 e. The Labute approximate surface area is 162 Å². The largest absolute Gasteiger partial charge is 0.493 e. The zero-order valence-corrected chi connectivity index (χ0v) is 16.6. The topological polar surface area (TPSA) is 67.4 Å². The molecule has 138 valence electrons. The normalized spacial score (nSPS) is 10.3. The van der Waals surface area contributed by atoms with Crippen molar-refractivity contribution in [1.82, 2.24) is 0 Å². The standard InChI is InChI=1S/C20H23BrN2O3/c1-3-5-9-19(24)22-15-7-6-8-16(13-15)23-20(25)14-10-11-18(26-4-2)17(21)12-14/h6-8,10-13H,3-5,9H2,1-2H3,(H,22,24)(H,23,25). The molecule has 0 aliphatic heterocycles. The number of hydrogen-bond donors (Lipinski definition) is 2. The van der Waals surface area contributed by atoms with Crippen molar-refractivity contribution < 1.29 is 14.3 Å². The third kappa shape index (κ3) is 5.88. The number of nitrogens with one attached hydrogen (secondary N) is 2. The van der Waals surface area contributed by atoms with Crippen LogP contribution in [-0.4, -0.2) is 18.4 Å². The maximum atomic E-state index is 12.5. The van der Waals surface area contributed by atoms with Gasteiger partial charge in [-0.05, 0) is 65.7 Å². The molecule has 0 saturated carbocycles. The van der Waals surface area contributed by atoms with Crippen molar-refractivity contribution in [2.24, 2.45) is 0 Å². The Morgan fingerprint density at radius 1 is 1.04 bits per heavy atom. The van der Waals surface area contributed by atoms with Crippen molar-refractivity contribution in [3.63, 3.8) is 0 Å². The summed E-state index contributed by atoms with van der Waals surface area (Å²) >= 11 is 3.41. The highest BCUT2D eigenvalue weighted by Crippen LogP contribution is 2.26. The van der Waals surface area contributed by atoms with E-state index in [1.54, 1.807) is 42.5 Å². The number of carbonyl (C=O) groups excluding carboxylic acids is 2. The Hall–Kier alpha value is -2.34. The molecule has 0 bridgehead atoms. The second-order valence-corrected chi connectivity index (χ2v) is 6.62. The van der Waals surface area contributed by atoms with Crippen LogP contribution in [-0.2, 0) is 4.79 Å². The molecule has 5 nitrogen and oxygen atoms in total. The first-order valence-electron chi connectivity index (χ1n) is 8.67. The predicted octanol–water partition coefficient (Wildman–Crippen LogP) is 5.23. The molecule has 0 saturated heterocycles. The van der Waals surface area contributed by atoms with Crippen LogP contribution in [0.25, 0.3) is 0 Å². The van der Waals surface area contributed by atoms with Gasteiger partial charge in [0.15, 0.2) is 0 Å². The third-order valence-corrected chi connectivity index (χ3v) is 4.28. The van der Waals surface area contributed by atoms with E-state index in [9.17, 15) is 9.59 Å². The van der Waals surface area contributed by atoms with Gasteiger partial charge in [0, 0.05) is 23.4 Å². The number of unbranched alkanes of at least 4 members (excludes halogenated alkanes) is 1. The fourth-order valence-electron chi connectivity index (χ4n) is 2.35. The van der Waals surface area contributed by atoms with Gasteiger partial charge < -0.3 is 15.4 Å². The van der Waals surface area contributed by atoms with Crippen LogP contribution >= 0.6 is 15.9 Å². The summed E-state index contributed by atoms with van der Waals surface area (Å²) in [5.41, 5.74) is 1.79. The number of carbonyl (C=O) groups is 2. The van der Waals surface area contributed by atoms with Gasteiger partial charge in [-0.2, -0.15) is 0 Å². The highest BCUT2D eigenvalue weighted by atomic mass is 79.9. The van der Waals surface area contributed by atoms with Crippen LogP contribution < -0.4 is 15.4 Å². The minimum absolute atomic E-state index is 0.0224. The molecule has 2 aromatic carbocycles. The SMILES string of the molecule is CCCCC(=O)Nc1cccc(NC(=O)c2ccc(OCC)c(Br)c2)c1. The number of halogens is 1. The molecule has 26 heavy (non-hydrogen) atoms. The summed E-state index contributed by atoms with van der Waals surface area (Å²) in [6, 6.07) is 12.3. The zero-order valence-electron chi connectivity index (χ0n) is 15.0. The molecule has 0 unspecified atom stereocenters. The summed E-state index contributed by atoms with van der Waals surface area (Å²) < 4.78 is 6.18. The molecule has 0 aromatic heterocycles. The lowest BCUT2D eigenvalue weighted by molar-refractivity contribution is -0.116. The van der Waals surface area contributed by atoms with Gasteiger partial charge in [0.1, 0.15) is 5.75 Å². The molecular formula is C20H23BrN2O3. The highest BCUT2D eigenvalue weighted by molar-refractivity contribution is 9.10. The van der Waals surface area contributed by atoms with Gasteiger partial charge in [-0.1, -0.05) is 19.4 Å². The van der Waals surface area contributed by atoms with Gasteiger partial charge in [-0.3, -0.25) is 9.59 Å². The van der Waals surface area contributed by atoms with Crippen molar-refractivity contribution in [3.05, 3.63) is 52.5 Å². The smallest absolute Gasteiger partial charge is 0.255 e. The van der Waals surface area contributed by atoms with E-state index in [0.29, 0.717) is 35.7 Å². The van der Waals surface area contributed by atoms with Crippen molar-refractivity contribution in [2.45, 2.75) is 33.1 Å². The summed E-state index contributed by atoms with van der Waals surface area (Å²) in [6.07, 6.45) is 2.32. The second kappa shape index (κ2) is 9.97. The van der Waals surface area contributed by atoms with E-state index in [0.717, 1.165) is 17.3 Å². The van der Waals surface area contributed by atoms with Gasteiger partial charge in [0.25, 0.3) is 5.91 Å². The average molecular weight is 419 g/mol. The molecule has 2 aromatic rings. The van der Waals surface area contributed by atoms with Crippen LogP contribution in [0.4, 0.5) is 11.4 Å². The first kappa shape index (κ1) is 20.0. The summed E-state index contributed by atoms with van der Waals surface area (Å²) in [7, 11) is 0. The molecule has 0 heterocycles. The molecule has 0 fully saturated rings. The average Bonchev–Trinajstić information content (AvgIpc) is 2.62. The first-order chi connectivity index (χ1) is 12.5. The van der Waals surface area contributed by atoms with E-state index in [-0.39, 0.29) is 11.8 Å². The first-order valence-corrected chi connectivity index (χ1v) is 9.46. The minimum Gasteiger partial charge on any atom is -0.493 e. The van der Waals surface area contributed by atoms with Crippen LogP contribution in [0, 0.1) is 0 Å². The van der Waals surface area contributed by atoms with Crippen LogP contribution in [0.3, 0.4) is 0 Å². The van der Waals surface area contributed by atoms with E-state index >= 15 is 0 Å². The molecule has 0 aliphatic rings. The molecule has 0 aliphatic carbocycles. The molecule has 6 heteroatoms. The molecule has 2 rings (SSSR count). The molecule has 0 atom stereocenters. The minimum atomic E-state index is -0.233. The van der Waals surface area contributed by atoms with Crippen molar-refractivity contribution >= 4 is 39.1 Å². The van der Waals surface area contributed by atoms with Gasteiger partial charge in [0.05, 0.1) is 11.1 Å². The molecular weight excluding hydrogens is 396 g/mol. The number of benzene rings is 2. The van der Waals surface area contributed by atoms with Crippen LogP contribution in [0.5, 0.6) is 5.75 Å². The zero-order chi connectivity index (χ0) is 18.9. The lowest BCUT2D eigenvalue weighted by Gasteiger charge is -2.10. The van der Waals surface area contributed by atoms with Crippen molar-refractivity contribution in [2.75, 3.05) is 17.2 Å². The second-order valence-electron chi connectivity index (χ2n) is 5.76. The lowest BCUT2D eigenvalue weighted by Crippen LogP contribution is -2.13. The molecule has 2 N–H and O–H groups in total. The van der Waals surface area contributed by atoms with E-state index in [4.69, 9.17) is 4.74 Å².